The Morgan fingerprint density at radius 2 is 2.33 bits per heavy atom. The molecule has 1 fully saturated rings. The zero-order valence-electron chi connectivity index (χ0n) is 10.9. The van der Waals surface area contributed by atoms with Crippen LogP contribution in [0.1, 0.15) is 55.3 Å². The Balaban J connectivity index is 2.05. The SMILES string of the molecule is CC(C)N(CCCO)C(=O)c1cc(C2CC2)on1. The third kappa shape index (κ3) is 2.90. The van der Waals surface area contributed by atoms with Crippen molar-refractivity contribution in [3.8, 4) is 0 Å². The van der Waals surface area contributed by atoms with Crippen LogP contribution in [0.4, 0.5) is 0 Å². The van der Waals surface area contributed by atoms with Crippen molar-refractivity contribution in [2.45, 2.75) is 45.1 Å². The Kier molecular flexibility index (Phi) is 4.01. The molecule has 1 N–H and O–H groups in total. The molecule has 1 aliphatic carbocycles. The van der Waals surface area contributed by atoms with E-state index in [2.05, 4.69) is 5.16 Å². The molecule has 0 aliphatic heterocycles. The van der Waals surface area contributed by atoms with Crippen molar-refractivity contribution in [2.75, 3.05) is 13.2 Å². The number of carbonyl (C=O) groups excluding carboxylic acids is 1. The Bertz CT molecular complexity index is 410. The van der Waals surface area contributed by atoms with Crippen LogP contribution in [-0.2, 0) is 0 Å². The van der Waals surface area contributed by atoms with Gasteiger partial charge in [-0.3, -0.25) is 4.79 Å². The van der Waals surface area contributed by atoms with E-state index in [0.29, 0.717) is 24.6 Å². The van der Waals surface area contributed by atoms with Gasteiger partial charge in [-0.15, -0.1) is 0 Å². The summed E-state index contributed by atoms with van der Waals surface area (Å²) in [5.74, 6) is 1.17. The molecule has 1 amide bonds. The fourth-order valence-corrected chi connectivity index (χ4v) is 1.93. The van der Waals surface area contributed by atoms with E-state index in [1.54, 1.807) is 11.0 Å². The normalized spacial score (nSPS) is 15.1. The average molecular weight is 252 g/mol. The van der Waals surface area contributed by atoms with Gasteiger partial charge in [0.25, 0.3) is 5.91 Å². The monoisotopic (exact) mass is 252 g/mol. The third-order valence-corrected chi connectivity index (χ3v) is 3.17. The van der Waals surface area contributed by atoms with Gasteiger partial charge in [0.15, 0.2) is 5.69 Å². The van der Waals surface area contributed by atoms with Crippen molar-refractivity contribution in [1.82, 2.24) is 10.1 Å². The largest absolute Gasteiger partial charge is 0.396 e. The van der Waals surface area contributed by atoms with Crippen molar-refractivity contribution in [2.24, 2.45) is 0 Å². The molecule has 5 heteroatoms. The molecule has 0 unspecified atom stereocenters. The van der Waals surface area contributed by atoms with Crippen LogP contribution in [0.15, 0.2) is 10.6 Å². The first-order valence-corrected chi connectivity index (χ1v) is 6.52. The zero-order chi connectivity index (χ0) is 13.1. The van der Waals surface area contributed by atoms with Crippen LogP contribution in [-0.4, -0.2) is 40.3 Å². The summed E-state index contributed by atoms with van der Waals surface area (Å²) in [7, 11) is 0. The lowest BCUT2D eigenvalue weighted by molar-refractivity contribution is 0.0682. The first kappa shape index (κ1) is 13.1. The number of hydrogen-bond acceptors (Lipinski definition) is 4. The highest BCUT2D eigenvalue weighted by Crippen LogP contribution is 2.40. The van der Waals surface area contributed by atoms with Gasteiger partial charge in [0.05, 0.1) is 0 Å². The van der Waals surface area contributed by atoms with Crippen molar-refractivity contribution in [3.05, 3.63) is 17.5 Å². The topological polar surface area (TPSA) is 66.6 Å². The van der Waals surface area contributed by atoms with Crippen LogP contribution in [0.2, 0.25) is 0 Å². The fraction of sp³-hybridized carbons (Fsp3) is 0.692. The maximum absolute atomic E-state index is 12.3. The van der Waals surface area contributed by atoms with Crippen LogP contribution >= 0.6 is 0 Å². The number of aliphatic hydroxyl groups is 1. The molecule has 0 bridgehead atoms. The second-order valence-corrected chi connectivity index (χ2v) is 5.06. The number of rotatable bonds is 6. The summed E-state index contributed by atoms with van der Waals surface area (Å²) < 4.78 is 5.20. The van der Waals surface area contributed by atoms with Crippen LogP contribution in [0.25, 0.3) is 0 Å². The second-order valence-electron chi connectivity index (χ2n) is 5.06. The Hall–Kier alpha value is -1.36. The molecule has 2 rings (SSSR count). The second kappa shape index (κ2) is 5.52. The molecule has 0 radical (unpaired) electrons. The first-order valence-electron chi connectivity index (χ1n) is 6.52. The molecule has 0 spiro atoms. The van der Waals surface area contributed by atoms with E-state index in [4.69, 9.17) is 9.63 Å². The lowest BCUT2D eigenvalue weighted by atomic mass is 10.2. The lowest BCUT2D eigenvalue weighted by Gasteiger charge is -2.25. The summed E-state index contributed by atoms with van der Waals surface area (Å²) in [6, 6.07) is 1.85. The molecule has 0 saturated heterocycles. The minimum absolute atomic E-state index is 0.0860. The van der Waals surface area contributed by atoms with Crippen molar-refractivity contribution < 1.29 is 14.4 Å². The van der Waals surface area contributed by atoms with Crippen LogP contribution in [0, 0.1) is 0 Å². The number of amides is 1. The van der Waals surface area contributed by atoms with Crippen LogP contribution in [0.3, 0.4) is 0 Å². The van der Waals surface area contributed by atoms with Gasteiger partial charge in [-0.05, 0) is 33.1 Å². The van der Waals surface area contributed by atoms with Gasteiger partial charge in [-0.1, -0.05) is 5.16 Å². The molecular weight excluding hydrogens is 232 g/mol. The minimum atomic E-state index is -0.117. The molecule has 100 valence electrons. The summed E-state index contributed by atoms with van der Waals surface area (Å²) in [4.78, 5) is 14.0. The summed E-state index contributed by atoms with van der Waals surface area (Å²) in [6.07, 6.45) is 2.83. The maximum Gasteiger partial charge on any atom is 0.276 e. The fourth-order valence-electron chi connectivity index (χ4n) is 1.93. The number of carbonyl (C=O) groups is 1. The van der Waals surface area contributed by atoms with Gasteiger partial charge in [0, 0.05) is 31.2 Å². The summed E-state index contributed by atoms with van der Waals surface area (Å²) in [6.45, 7) is 4.54. The highest BCUT2D eigenvalue weighted by atomic mass is 16.5. The Morgan fingerprint density at radius 3 is 2.89 bits per heavy atom. The van der Waals surface area contributed by atoms with E-state index in [1.807, 2.05) is 13.8 Å². The summed E-state index contributed by atoms with van der Waals surface area (Å²) in [5.41, 5.74) is 0.378. The number of hydrogen-bond donors (Lipinski definition) is 1. The molecule has 18 heavy (non-hydrogen) atoms. The molecule has 1 heterocycles. The molecule has 0 atom stereocenters. The number of aromatic nitrogens is 1. The molecule has 5 nitrogen and oxygen atoms in total. The van der Waals surface area contributed by atoms with E-state index in [9.17, 15) is 4.79 Å². The Morgan fingerprint density at radius 1 is 1.61 bits per heavy atom. The third-order valence-electron chi connectivity index (χ3n) is 3.17. The number of aliphatic hydroxyl groups excluding tert-OH is 1. The van der Waals surface area contributed by atoms with Gasteiger partial charge >= 0.3 is 0 Å². The summed E-state index contributed by atoms with van der Waals surface area (Å²) >= 11 is 0. The molecular formula is C13H20N2O3. The van der Waals surface area contributed by atoms with Gasteiger partial charge in [0.2, 0.25) is 0 Å². The van der Waals surface area contributed by atoms with Gasteiger partial charge < -0.3 is 14.5 Å². The van der Waals surface area contributed by atoms with Crippen molar-refractivity contribution >= 4 is 5.91 Å². The quantitative estimate of drug-likeness (QED) is 0.838. The zero-order valence-corrected chi connectivity index (χ0v) is 10.9. The van der Waals surface area contributed by atoms with E-state index in [0.717, 1.165) is 18.6 Å². The first-order chi connectivity index (χ1) is 8.63. The predicted molar refractivity (Wildman–Crippen MR) is 66.4 cm³/mol. The van der Waals surface area contributed by atoms with E-state index < -0.39 is 0 Å². The van der Waals surface area contributed by atoms with Gasteiger partial charge in [-0.2, -0.15) is 0 Å². The van der Waals surface area contributed by atoms with E-state index >= 15 is 0 Å². The molecule has 1 aliphatic rings. The standard InChI is InChI=1S/C13H20N2O3/c1-9(2)15(6-3-7-16)13(17)11-8-12(18-14-11)10-4-5-10/h8-10,16H,3-7H2,1-2H3. The van der Waals surface area contributed by atoms with Gasteiger partial charge in [-0.25, -0.2) is 0 Å². The predicted octanol–water partition coefficient (Wildman–Crippen LogP) is 1.78. The average Bonchev–Trinajstić information content (AvgIpc) is 3.07. The maximum atomic E-state index is 12.3. The van der Waals surface area contributed by atoms with Crippen LogP contribution < -0.4 is 0 Å². The molecule has 1 saturated carbocycles. The van der Waals surface area contributed by atoms with E-state index in [1.165, 1.54) is 0 Å². The summed E-state index contributed by atoms with van der Waals surface area (Å²) in [5, 5.41) is 12.7. The lowest BCUT2D eigenvalue weighted by Crippen LogP contribution is -2.38. The van der Waals surface area contributed by atoms with Crippen LogP contribution in [0.5, 0.6) is 0 Å². The molecule has 1 aromatic heterocycles. The minimum Gasteiger partial charge on any atom is -0.396 e. The van der Waals surface area contributed by atoms with Gasteiger partial charge in [0.1, 0.15) is 5.76 Å². The smallest absolute Gasteiger partial charge is 0.276 e. The van der Waals surface area contributed by atoms with Crippen molar-refractivity contribution in [1.29, 1.82) is 0 Å². The highest BCUT2D eigenvalue weighted by Gasteiger charge is 2.30. The van der Waals surface area contributed by atoms with E-state index in [-0.39, 0.29) is 18.6 Å². The highest BCUT2D eigenvalue weighted by molar-refractivity contribution is 5.92. The van der Waals surface area contributed by atoms with Crippen molar-refractivity contribution in [3.63, 3.8) is 0 Å². The Labute approximate surface area is 107 Å². The molecule has 1 aromatic rings. The molecule has 0 aromatic carbocycles. The number of nitrogens with zero attached hydrogens (tertiary/aromatic N) is 2.